The first kappa shape index (κ1) is 10.2. The number of fused-ring (bicyclic) bond motifs is 1. The number of aryl methyl sites for hydroxylation is 1. The highest BCUT2D eigenvalue weighted by atomic mass is 16.4. The lowest BCUT2D eigenvalue weighted by molar-refractivity contribution is -0.146. The third-order valence-electron chi connectivity index (χ3n) is 3.25. The lowest BCUT2D eigenvalue weighted by Crippen LogP contribution is -2.39. The van der Waals surface area contributed by atoms with E-state index < -0.39 is 11.6 Å². The zero-order valence-corrected chi connectivity index (χ0v) is 8.56. The molecule has 0 aromatic carbocycles. The van der Waals surface area contributed by atoms with Crippen LogP contribution in [-0.4, -0.2) is 16.2 Å². The normalized spacial score (nSPS) is 29.9. The number of hydrogen-bond acceptors (Lipinski definition) is 3. The number of carboxylic acids is 1. The Kier molecular flexibility index (Phi) is 2.31. The Balaban J connectivity index is 2.42. The van der Waals surface area contributed by atoms with Gasteiger partial charge in [0.15, 0.2) is 0 Å². The fourth-order valence-electron chi connectivity index (χ4n) is 2.27. The molecule has 0 amide bonds. The molecule has 1 aromatic rings. The van der Waals surface area contributed by atoms with Gasteiger partial charge in [0.25, 0.3) is 0 Å². The minimum absolute atomic E-state index is 0.0568. The summed E-state index contributed by atoms with van der Waals surface area (Å²) in [6.07, 6.45) is 2.77. The molecule has 4 heteroatoms. The molecule has 2 rings (SSSR count). The number of aliphatic carboxylic acids is 1. The molecule has 0 aliphatic heterocycles. The summed E-state index contributed by atoms with van der Waals surface area (Å²) in [6, 6.07) is 1.67. The van der Waals surface area contributed by atoms with Crippen LogP contribution in [0.5, 0.6) is 0 Å². The highest BCUT2D eigenvalue weighted by Gasteiger charge is 2.43. The van der Waals surface area contributed by atoms with E-state index in [0.29, 0.717) is 5.56 Å². The van der Waals surface area contributed by atoms with Crippen molar-refractivity contribution in [1.82, 2.24) is 0 Å². The molecule has 15 heavy (non-hydrogen) atoms. The van der Waals surface area contributed by atoms with Gasteiger partial charge in [0.1, 0.15) is 11.4 Å². The van der Waals surface area contributed by atoms with Crippen LogP contribution < -0.4 is 0 Å². The fraction of sp³-hybridized carbons (Fsp3) is 0.545. The van der Waals surface area contributed by atoms with E-state index in [2.05, 4.69) is 0 Å². The van der Waals surface area contributed by atoms with Gasteiger partial charge in [0, 0.05) is 12.0 Å². The van der Waals surface area contributed by atoms with Gasteiger partial charge in [-0.25, -0.2) is 0 Å². The lowest BCUT2D eigenvalue weighted by Gasteiger charge is -2.36. The Morgan fingerprint density at radius 3 is 3.13 bits per heavy atom. The van der Waals surface area contributed by atoms with Crippen molar-refractivity contribution in [1.29, 1.82) is 0 Å². The van der Waals surface area contributed by atoms with Crippen molar-refractivity contribution in [2.45, 2.75) is 31.8 Å². The summed E-state index contributed by atoms with van der Waals surface area (Å²) in [4.78, 5) is 10.8. The summed E-state index contributed by atoms with van der Waals surface area (Å²) < 4.78 is 5.23. The maximum atomic E-state index is 10.8. The van der Waals surface area contributed by atoms with E-state index in [1.54, 1.807) is 6.07 Å². The van der Waals surface area contributed by atoms with E-state index in [1.165, 1.54) is 6.26 Å². The van der Waals surface area contributed by atoms with Crippen LogP contribution in [0, 0.1) is 5.92 Å². The first-order valence-electron chi connectivity index (χ1n) is 5.05. The molecule has 0 saturated carbocycles. The third-order valence-corrected chi connectivity index (χ3v) is 3.25. The molecule has 1 aromatic heterocycles. The van der Waals surface area contributed by atoms with Gasteiger partial charge in [0.05, 0.1) is 12.7 Å². The Morgan fingerprint density at radius 2 is 2.47 bits per heavy atom. The molecule has 1 heterocycles. The summed E-state index contributed by atoms with van der Waals surface area (Å²) >= 11 is 0. The van der Waals surface area contributed by atoms with E-state index in [-0.39, 0.29) is 12.3 Å². The Hall–Kier alpha value is -1.29. The SMILES string of the molecule is CC1CCc2occc2C1(O)CC(=O)O. The first-order chi connectivity index (χ1) is 7.04. The smallest absolute Gasteiger partial charge is 0.306 e. The zero-order valence-electron chi connectivity index (χ0n) is 8.56. The largest absolute Gasteiger partial charge is 0.481 e. The maximum Gasteiger partial charge on any atom is 0.306 e. The van der Waals surface area contributed by atoms with E-state index in [0.717, 1.165) is 18.6 Å². The van der Waals surface area contributed by atoms with Crippen molar-refractivity contribution in [3.63, 3.8) is 0 Å². The standard InChI is InChI=1S/C11H14O4/c1-7-2-3-9-8(4-5-15-9)11(7,14)6-10(12)13/h4-5,7,14H,2-3,6H2,1H3,(H,12,13). The monoisotopic (exact) mass is 210 g/mol. The van der Waals surface area contributed by atoms with Gasteiger partial charge in [-0.05, 0) is 18.4 Å². The van der Waals surface area contributed by atoms with Crippen LogP contribution in [0.2, 0.25) is 0 Å². The third kappa shape index (κ3) is 1.55. The predicted molar refractivity (Wildman–Crippen MR) is 52.3 cm³/mol. The van der Waals surface area contributed by atoms with Crippen LogP contribution in [0.25, 0.3) is 0 Å². The highest BCUT2D eigenvalue weighted by Crippen LogP contribution is 2.42. The minimum atomic E-state index is -1.27. The van der Waals surface area contributed by atoms with E-state index in [4.69, 9.17) is 9.52 Å². The lowest BCUT2D eigenvalue weighted by atomic mass is 9.73. The van der Waals surface area contributed by atoms with Gasteiger partial charge in [0.2, 0.25) is 0 Å². The van der Waals surface area contributed by atoms with Crippen molar-refractivity contribution in [2.24, 2.45) is 5.92 Å². The van der Waals surface area contributed by atoms with Crippen LogP contribution >= 0.6 is 0 Å². The second-order valence-electron chi connectivity index (χ2n) is 4.19. The number of furan rings is 1. The summed E-state index contributed by atoms with van der Waals surface area (Å²) in [5.74, 6) is -0.325. The maximum absolute atomic E-state index is 10.8. The highest BCUT2D eigenvalue weighted by molar-refractivity contribution is 5.69. The Morgan fingerprint density at radius 1 is 1.73 bits per heavy atom. The van der Waals surface area contributed by atoms with Crippen molar-refractivity contribution in [3.05, 3.63) is 23.7 Å². The van der Waals surface area contributed by atoms with Gasteiger partial charge in [-0.3, -0.25) is 4.79 Å². The average Bonchev–Trinajstić information content (AvgIpc) is 2.59. The van der Waals surface area contributed by atoms with Gasteiger partial charge in [-0.15, -0.1) is 0 Å². The van der Waals surface area contributed by atoms with Crippen LogP contribution in [0.3, 0.4) is 0 Å². The van der Waals surface area contributed by atoms with Gasteiger partial charge < -0.3 is 14.6 Å². The number of carboxylic acid groups (broad SMARTS) is 1. The molecule has 82 valence electrons. The van der Waals surface area contributed by atoms with Crippen LogP contribution in [0.1, 0.15) is 31.1 Å². The van der Waals surface area contributed by atoms with Crippen LogP contribution in [0.15, 0.2) is 16.7 Å². The second kappa shape index (κ2) is 3.38. The first-order valence-corrected chi connectivity index (χ1v) is 5.05. The molecule has 2 unspecified atom stereocenters. The summed E-state index contributed by atoms with van der Waals surface area (Å²) in [5, 5.41) is 19.2. The van der Waals surface area contributed by atoms with E-state index in [1.807, 2.05) is 6.92 Å². The molecule has 2 N–H and O–H groups in total. The van der Waals surface area contributed by atoms with Crippen molar-refractivity contribution in [3.8, 4) is 0 Å². The topological polar surface area (TPSA) is 70.7 Å². The van der Waals surface area contributed by atoms with Crippen molar-refractivity contribution in [2.75, 3.05) is 0 Å². The van der Waals surface area contributed by atoms with E-state index >= 15 is 0 Å². The molecule has 1 aliphatic carbocycles. The molecular formula is C11H14O4. The van der Waals surface area contributed by atoms with Gasteiger partial charge >= 0.3 is 5.97 Å². The summed E-state index contributed by atoms with van der Waals surface area (Å²) in [7, 11) is 0. The fourth-order valence-corrected chi connectivity index (χ4v) is 2.27. The Labute approximate surface area is 87.5 Å². The minimum Gasteiger partial charge on any atom is -0.481 e. The summed E-state index contributed by atoms with van der Waals surface area (Å²) in [6.45, 7) is 1.87. The van der Waals surface area contributed by atoms with Crippen LogP contribution in [-0.2, 0) is 16.8 Å². The molecule has 1 aliphatic rings. The Bertz CT molecular complexity index is 382. The summed E-state index contributed by atoms with van der Waals surface area (Å²) in [5.41, 5.74) is -0.629. The second-order valence-corrected chi connectivity index (χ2v) is 4.19. The van der Waals surface area contributed by atoms with Gasteiger partial charge in [-0.1, -0.05) is 6.92 Å². The molecule has 0 saturated heterocycles. The number of carbonyl (C=O) groups is 1. The molecule has 0 spiro atoms. The van der Waals surface area contributed by atoms with Crippen molar-refractivity contribution < 1.29 is 19.4 Å². The molecular weight excluding hydrogens is 196 g/mol. The quantitative estimate of drug-likeness (QED) is 0.776. The number of aliphatic hydroxyl groups is 1. The molecule has 2 atom stereocenters. The number of hydrogen-bond donors (Lipinski definition) is 2. The molecule has 0 radical (unpaired) electrons. The number of rotatable bonds is 2. The zero-order chi connectivity index (χ0) is 11.1. The average molecular weight is 210 g/mol. The molecule has 4 nitrogen and oxygen atoms in total. The molecule has 0 fully saturated rings. The predicted octanol–water partition coefficient (Wildman–Crippen LogP) is 1.52. The molecule has 0 bridgehead atoms. The van der Waals surface area contributed by atoms with E-state index in [9.17, 15) is 9.90 Å². The van der Waals surface area contributed by atoms with Gasteiger partial charge in [-0.2, -0.15) is 0 Å². The van der Waals surface area contributed by atoms with Crippen molar-refractivity contribution >= 4 is 5.97 Å². The van der Waals surface area contributed by atoms with Crippen LogP contribution in [0.4, 0.5) is 0 Å².